The van der Waals surface area contributed by atoms with Gasteiger partial charge in [0.15, 0.2) is 0 Å². The highest BCUT2D eigenvalue weighted by atomic mass is 16.5. The lowest BCUT2D eigenvalue weighted by atomic mass is 9.95. The van der Waals surface area contributed by atoms with Gasteiger partial charge < -0.3 is 9.84 Å². The van der Waals surface area contributed by atoms with E-state index in [9.17, 15) is 0 Å². The lowest BCUT2D eigenvalue weighted by Crippen LogP contribution is -2.26. The fourth-order valence-corrected chi connectivity index (χ4v) is 1.25. The van der Waals surface area contributed by atoms with Gasteiger partial charge in [0, 0.05) is 7.11 Å². The van der Waals surface area contributed by atoms with E-state index in [1.54, 1.807) is 13.2 Å². The maximum Gasteiger partial charge on any atom is 0.0685 e. The van der Waals surface area contributed by atoms with E-state index in [4.69, 9.17) is 9.84 Å². The van der Waals surface area contributed by atoms with Gasteiger partial charge in [0.25, 0.3) is 0 Å². The number of ether oxygens (including phenoxy) is 1. The number of methoxy groups -OCH3 is 1. The molecule has 0 rings (SSSR count). The van der Waals surface area contributed by atoms with Gasteiger partial charge in [-0.05, 0) is 19.8 Å². The number of aliphatic hydroxyl groups excluding tert-OH is 1. The summed E-state index contributed by atoms with van der Waals surface area (Å²) in [5.41, 5.74) is -0.0539. The minimum Gasteiger partial charge on any atom is -0.392 e. The van der Waals surface area contributed by atoms with Gasteiger partial charge in [-0.15, -0.1) is 0 Å². The van der Waals surface area contributed by atoms with Gasteiger partial charge >= 0.3 is 0 Å². The molecule has 0 fully saturated rings. The molecular formula is C11H22O2. The summed E-state index contributed by atoms with van der Waals surface area (Å²) in [5, 5.41) is 8.58. The number of aliphatic hydroxyl groups is 1. The first kappa shape index (κ1) is 12.7. The highest BCUT2D eigenvalue weighted by molar-refractivity contribution is 4.89. The zero-order chi connectivity index (χ0) is 10.2. The van der Waals surface area contributed by atoms with Gasteiger partial charge in [0.05, 0.1) is 12.2 Å². The van der Waals surface area contributed by atoms with Gasteiger partial charge in [0.2, 0.25) is 0 Å². The van der Waals surface area contributed by atoms with E-state index in [0.29, 0.717) is 0 Å². The first-order valence-corrected chi connectivity index (χ1v) is 4.99. The molecule has 0 bridgehead atoms. The lowest BCUT2D eigenvalue weighted by molar-refractivity contribution is -0.000276. The van der Waals surface area contributed by atoms with Crippen molar-refractivity contribution >= 4 is 0 Å². The van der Waals surface area contributed by atoms with Crippen LogP contribution >= 0.6 is 0 Å². The summed E-state index contributed by atoms with van der Waals surface area (Å²) < 4.78 is 5.45. The Balaban J connectivity index is 3.87. The standard InChI is InChI=1S/C11H22O2/c1-4-5-8-11(2,13-3)9-6-7-10-12/h6-7,12H,4-5,8-10H2,1-3H3. The topological polar surface area (TPSA) is 29.5 Å². The third-order valence-electron chi connectivity index (χ3n) is 2.37. The molecule has 0 aliphatic carbocycles. The maximum atomic E-state index is 8.58. The molecule has 0 saturated heterocycles. The van der Waals surface area contributed by atoms with Crippen molar-refractivity contribution in [1.82, 2.24) is 0 Å². The summed E-state index contributed by atoms with van der Waals surface area (Å²) in [6, 6.07) is 0. The van der Waals surface area contributed by atoms with Crippen LogP contribution in [0, 0.1) is 0 Å². The first-order chi connectivity index (χ1) is 6.18. The molecule has 78 valence electrons. The highest BCUT2D eigenvalue weighted by Gasteiger charge is 2.20. The number of rotatable bonds is 7. The average Bonchev–Trinajstić information content (AvgIpc) is 2.15. The molecule has 0 heterocycles. The van der Waals surface area contributed by atoms with E-state index < -0.39 is 0 Å². The molecule has 1 N–H and O–H groups in total. The lowest BCUT2D eigenvalue weighted by Gasteiger charge is -2.26. The van der Waals surface area contributed by atoms with E-state index >= 15 is 0 Å². The Hall–Kier alpha value is -0.340. The average molecular weight is 186 g/mol. The summed E-state index contributed by atoms with van der Waals surface area (Å²) in [6.07, 6.45) is 8.10. The van der Waals surface area contributed by atoms with Crippen molar-refractivity contribution in [3.8, 4) is 0 Å². The summed E-state index contributed by atoms with van der Waals surface area (Å²) in [4.78, 5) is 0. The van der Waals surface area contributed by atoms with Crippen LogP contribution in [-0.4, -0.2) is 24.4 Å². The summed E-state index contributed by atoms with van der Waals surface area (Å²) >= 11 is 0. The quantitative estimate of drug-likeness (QED) is 0.619. The summed E-state index contributed by atoms with van der Waals surface area (Å²) in [6.45, 7) is 4.41. The molecule has 13 heavy (non-hydrogen) atoms. The van der Waals surface area contributed by atoms with Crippen LogP contribution in [0.4, 0.5) is 0 Å². The molecule has 1 atom stereocenters. The van der Waals surface area contributed by atoms with Crippen molar-refractivity contribution in [2.24, 2.45) is 0 Å². The van der Waals surface area contributed by atoms with Crippen molar-refractivity contribution in [3.63, 3.8) is 0 Å². The first-order valence-electron chi connectivity index (χ1n) is 4.99. The Morgan fingerprint density at radius 3 is 2.54 bits per heavy atom. The third-order valence-corrected chi connectivity index (χ3v) is 2.37. The van der Waals surface area contributed by atoms with Gasteiger partial charge in [0.1, 0.15) is 0 Å². The van der Waals surface area contributed by atoms with Crippen molar-refractivity contribution in [2.45, 2.75) is 45.1 Å². The second kappa shape index (κ2) is 7.10. The molecule has 0 spiro atoms. The van der Waals surface area contributed by atoms with E-state index in [1.807, 2.05) is 6.08 Å². The second-order valence-electron chi connectivity index (χ2n) is 3.62. The van der Waals surface area contributed by atoms with E-state index in [0.717, 1.165) is 12.8 Å². The molecule has 0 amide bonds. The molecule has 0 saturated carbocycles. The number of hydrogen-bond acceptors (Lipinski definition) is 2. The predicted molar refractivity (Wildman–Crippen MR) is 55.8 cm³/mol. The molecule has 1 unspecified atom stereocenters. The molecule has 0 radical (unpaired) electrons. The van der Waals surface area contributed by atoms with Crippen molar-refractivity contribution in [1.29, 1.82) is 0 Å². The van der Waals surface area contributed by atoms with Crippen LogP contribution in [0.2, 0.25) is 0 Å². The molecular weight excluding hydrogens is 164 g/mol. The number of hydrogen-bond donors (Lipinski definition) is 1. The van der Waals surface area contributed by atoms with Crippen LogP contribution < -0.4 is 0 Å². The largest absolute Gasteiger partial charge is 0.392 e. The van der Waals surface area contributed by atoms with Crippen molar-refractivity contribution < 1.29 is 9.84 Å². The van der Waals surface area contributed by atoms with E-state index in [2.05, 4.69) is 13.8 Å². The molecule has 2 nitrogen and oxygen atoms in total. The van der Waals surface area contributed by atoms with Gasteiger partial charge in [-0.1, -0.05) is 31.9 Å². The Labute approximate surface area is 81.6 Å². The smallest absolute Gasteiger partial charge is 0.0685 e. The van der Waals surface area contributed by atoms with Gasteiger partial charge in [-0.2, -0.15) is 0 Å². The minimum absolute atomic E-state index is 0.0539. The van der Waals surface area contributed by atoms with Crippen LogP contribution in [-0.2, 0) is 4.74 Å². The SMILES string of the molecule is CCCCC(C)(CC=CCO)OC. The Kier molecular flexibility index (Phi) is 6.92. The van der Waals surface area contributed by atoms with Crippen LogP contribution in [0.3, 0.4) is 0 Å². The zero-order valence-electron chi connectivity index (χ0n) is 9.05. The molecule has 0 aromatic rings. The van der Waals surface area contributed by atoms with Gasteiger partial charge in [-0.3, -0.25) is 0 Å². The molecule has 0 aromatic carbocycles. The predicted octanol–water partition coefficient (Wildman–Crippen LogP) is 2.52. The highest BCUT2D eigenvalue weighted by Crippen LogP contribution is 2.22. The molecule has 0 aliphatic heterocycles. The Morgan fingerprint density at radius 2 is 2.08 bits per heavy atom. The molecule has 2 heteroatoms. The summed E-state index contributed by atoms with van der Waals surface area (Å²) in [7, 11) is 1.75. The number of unbranched alkanes of at least 4 members (excludes halogenated alkanes) is 1. The Bertz CT molecular complexity index is 143. The van der Waals surface area contributed by atoms with Crippen molar-refractivity contribution in [2.75, 3.05) is 13.7 Å². The summed E-state index contributed by atoms with van der Waals surface area (Å²) in [5.74, 6) is 0. The minimum atomic E-state index is -0.0539. The van der Waals surface area contributed by atoms with E-state index in [1.165, 1.54) is 12.8 Å². The van der Waals surface area contributed by atoms with Gasteiger partial charge in [-0.25, -0.2) is 0 Å². The van der Waals surface area contributed by atoms with Crippen molar-refractivity contribution in [3.05, 3.63) is 12.2 Å². The third kappa shape index (κ3) is 5.83. The fourth-order valence-electron chi connectivity index (χ4n) is 1.25. The maximum absolute atomic E-state index is 8.58. The van der Waals surface area contributed by atoms with E-state index in [-0.39, 0.29) is 12.2 Å². The van der Waals surface area contributed by atoms with Crippen LogP contribution in [0.25, 0.3) is 0 Å². The van der Waals surface area contributed by atoms with Crippen LogP contribution in [0.1, 0.15) is 39.5 Å². The fraction of sp³-hybridized carbons (Fsp3) is 0.818. The second-order valence-corrected chi connectivity index (χ2v) is 3.62. The molecule has 0 aromatic heterocycles. The van der Waals surface area contributed by atoms with Crippen LogP contribution in [0.15, 0.2) is 12.2 Å². The monoisotopic (exact) mass is 186 g/mol. The normalized spacial score (nSPS) is 16.3. The molecule has 0 aliphatic rings. The zero-order valence-corrected chi connectivity index (χ0v) is 9.05. The Morgan fingerprint density at radius 1 is 1.38 bits per heavy atom. The van der Waals surface area contributed by atoms with Crippen LogP contribution in [0.5, 0.6) is 0 Å².